The van der Waals surface area contributed by atoms with Crippen molar-refractivity contribution in [1.82, 2.24) is 4.98 Å². The molecule has 1 rings (SSSR count). The van der Waals surface area contributed by atoms with Crippen LogP contribution in [0.2, 0.25) is 0 Å². The first kappa shape index (κ1) is 14.0. The summed E-state index contributed by atoms with van der Waals surface area (Å²) < 4.78 is 29.2. The lowest BCUT2D eigenvalue weighted by atomic mass is 10.3. The Morgan fingerprint density at radius 1 is 1.24 bits per heavy atom. The number of pyridine rings is 1. The van der Waals surface area contributed by atoms with Gasteiger partial charge in [0.05, 0.1) is 18.1 Å². The number of aromatic nitrogens is 1. The van der Waals surface area contributed by atoms with Gasteiger partial charge in [-0.3, -0.25) is 0 Å². The molecule has 0 N–H and O–H groups in total. The minimum absolute atomic E-state index is 0.0509. The Labute approximate surface area is 103 Å². The third-order valence-corrected chi connectivity index (χ3v) is 3.94. The molecule has 0 radical (unpaired) electrons. The van der Waals surface area contributed by atoms with E-state index in [0.717, 1.165) is 0 Å². The molecule has 1 heterocycles. The topological polar surface area (TPSA) is 56.3 Å². The van der Waals surface area contributed by atoms with Crippen molar-refractivity contribution >= 4 is 9.84 Å². The van der Waals surface area contributed by atoms with Crippen molar-refractivity contribution in [1.29, 1.82) is 0 Å². The number of rotatable bonds is 5. The van der Waals surface area contributed by atoms with Gasteiger partial charge in [-0.05, 0) is 31.9 Å². The molecule has 0 aliphatic heterocycles. The number of hydrogen-bond donors (Lipinski definition) is 0. The van der Waals surface area contributed by atoms with E-state index in [4.69, 9.17) is 4.74 Å². The van der Waals surface area contributed by atoms with Crippen LogP contribution in [0.4, 0.5) is 0 Å². The van der Waals surface area contributed by atoms with Crippen LogP contribution >= 0.6 is 0 Å². The Balaban J connectivity index is 2.87. The average Bonchev–Trinajstić information content (AvgIpc) is 2.15. The van der Waals surface area contributed by atoms with E-state index in [9.17, 15) is 8.42 Å². The predicted octanol–water partition coefficient (Wildman–Crippen LogP) is 2.30. The van der Waals surface area contributed by atoms with Crippen molar-refractivity contribution in [2.24, 2.45) is 5.92 Å². The van der Waals surface area contributed by atoms with Gasteiger partial charge in [0.25, 0.3) is 0 Å². The lowest BCUT2D eigenvalue weighted by Gasteiger charge is -2.10. The van der Waals surface area contributed by atoms with Gasteiger partial charge in [-0.15, -0.1) is 0 Å². The van der Waals surface area contributed by atoms with E-state index in [-0.39, 0.29) is 22.8 Å². The zero-order valence-corrected chi connectivity index (χ0v) is 11.5. The smallest absolute Gasteiger partial charge is 0.195 e. The Bertz CT molecular complexity index is 449. The molecular weight excluding hydrogens is 238 g/mol. The summed E-state index contributed by atoms with van der Waals surface area (Å²) in [6, 6.07) is 3.13. The van der Waals surface area contributed by atoms with Gasteiger partial charge in [-0.25, -0.2) is 13.4 Å². The molecule has 0 aliphatic carbocycles. The summed E-state index contributed by atoms with van der Waals surface area (Å²) in [7, 11) is -3.27. The molecule has 5 heteroatoms. The number of nitrogens with zero attached hydrogens (tertiary/aromatic N) is 1. The Kier molecular flexibility index (Phi) is 4.51. The maximum absolute atomic E-state index is 11.9. The second-order valence-electron chi connectivity index (χ2n) is 4.67. The molecule has 0 atom stereocenters. The molecule has 0 aromatic carbocycles. The lowest BCUT2D eigenvalue weighted by molar-refractivity contribution is 0.241. The lowest BCUT2D eigenvalue weighted by Crippen LogP contribution is -2.13. The standard InChI is InChI=1S/C12H19NO3S/c1-9(2)8-17(14,15)12-6-5-11(7-13-12)16-10(3)4/h5-7,9-10H,8H2,1-4H3. The molecule has 1 aromatic rings. The van der Waals surface area contributed by atoms with Crippen molar-refractivity contribution in [3.8, 4) is 5.75 Å². The quantitative estimate of drug-likeness (QED) is 0.812. The van der Waals surface area contributed by atoms with Crippen LogP contribution in [0.1, 0.15) is 27.7 Å². The molecule has 4 nitrogen and oxygen atoms in total. The molecule has 17 heavy (non-hydrogen) atoms. The van der Waals surface area contributed by atoms with Crippen LogP contribution in [-0.4, -0.2) is 25.3 Å². The minimum Gasteiger partial charge on any atom is -0.489 e. The summed E-state index contributed by atoms with van der Waals surface area (Å²) in [5.74, 6) is 0.793. The second kappa shape index (κ2) is 5.49. The highest BCUT2D eigenvalue weighted by Crippen LogP contribution is 2.16. The van der Waals surface area contributed by atoms with Gasteiger partial charge in [0.2, 0.25) is 0 Å². The maximum atomic E-state index is 11.9. The molecular formula is C12H19NO3S. The highest BCUT2D eigenvalue weighted by Gasteiger charge is 2.17. The van der Waals surface area contributed by atoms with Gasteiger partial charge in [-0.2, -0.15) is 0 Å². The van der Waals surface area contributed by atoms with Crippen LogP contribution in [0.5, 0.6) is 5.75 Å². The predicted molar refractivity (Wildman–Crippen MR) is 66.9 cm³/mol. The molecule has 0 saturated heterocycles. The first-order valence-corrected chi connectivity index (χ1v) is 7.32. The third kappa shape index (κ3) is 4.34. The van der Waals surface area contributed by atoms with Crippen LogP contribution < -0.4 is 4.74 Å². The largest absolute Gasteiger partial charge is 0.489 e. The van der Waals surface area contributed by atoms with Gasteiger partial charge >= 0.3 is 0 Å². The van der Waals surface area contributed by atoms with Crippen molar-refractivity contribution in [2.75, 3.05) is 5.75 Å². The van der Waals surface area contributed by atoms with Gasteiger partial charge in [0, 0.05) is 0 Å². The van der Waals surface area contributed by atoms with Crippen molar-refractivity contribution < 1.29 is 13.2 Å². The van der Waals surface area contributed by atoms with E-state index < -0.39 is 9.84 Å². The summed E-state index contributed by atoms with van der Waals surface area (Å²) in [5, 5.41) is 0.113. The first-order chi connectivity index (χ1) is 7.81. The van der Waals surface area contributed by atoms with Crippen LogP contribution in [-0.2, 0) is 9.84 Å². The van der Waals surface area contributed by atoms with Crippen LogP contribution in [0, 0.1) is 5.92 Å². The summed E-state index contributed by atoms with van der Waals surface area (Å²) in [6.07, 6.45) is 1.50. The Morgan fingerprint density at radius 2 is 1.88 bits per heavy atom. The summed E-state index contributed by atoms with van der Waals surface area (Å²) >= 11 is 0. The fourth-order valence-corrected chi connectivity index (χ4v) is 2.95. The van der Waals surface area contributed by atoms with Gasteiger partial charge < -0.3 is 4.74 Å². The van der Waals surface area contributed by atoms with Gasteiger partial charge in [-0.1, -0.05) is 13.8 Å². The van der Waals surface area contributed by atoms with E-state index in [1.54, 1.807) is 6.07 Å². The van der Waals surface area contributed by atoms with Crippen molar-refractivity contribution in [3.63, 3.8) is 0 Å². The van der Waals surface area contributed by atoms with E-state index in [2.05, 4.69) is 4.98 Å². The number of hydrogen-bond acceptors (Lipinski definition) is 4. The van der Waals surface area contributed by atoms with Crippen LogP contribution in [0.25, 0.3) is 0 Å². The van der Waals surface area contributed by atoms with Gasteiger partial charge in [0.1, 0.15) is 5.75 Å². The average molecular weight is 257 g/mol. The first-order valence-electron chi connectivity index (χ1n) is 5.66. The zero-order valence-electron chi connectivity index (χ0n) is 10.7. The fourth-order valence-electron chi connectivity index (χ4n) is 1.42. The molecule has 0 saturated carbocycles. The zero-order chi connectivity index (χ0) is 13.1. The summed E-state index contributed by atoms with van der Waals surface area (Å²) in [6.45, 7) is 7.55. The van der Waals surface area contributed by atoms with Crippen LogP contribution in [0.15, 0.2) is 23.4 Å². The number of ether oxygens (including phenoxy) is 1. The van der Waals surface area contributed by atoms with E-state index in [1.165, 1.54) is 12.3 Å². The molecule has 0 spiro atoms. The second-order valence-corrected chi connectivity index (χ2v) is 6.66. The molecule has 0 unspecified atom stereocenters. The normalized spacial score (nSPS) is 12.1. The highest BCUT2D eigenvalue weighted by atomic mass is 32.2. The summed E-state index contributed by atoms with van der Waals surface area (Å²) in [4.78, 5) is 3.94. The molecule has 0 fully saturated rings. The SMILES string of the molecule is CC(C)CS(=O)(=O)c1ccc(OC(C)C)cn1. The third-order valence-electron chi connectivity index (χ3n) is 1.95. The fraction of sp³-hybridized carbons (Fsp3) is 0.583. The molecule has 1 aromatic heterocycles. The molecule has 0 amide bonds. The van der Waals surface area contributed by atoms with Gasteiger partial charge in [0.15, 0.2) is 14.9 Å². The molecule has 96 valence electrons. The van der Waals surface area contributed by atoms with E-state index >= 15 is 0 Å². The van der Waals surface area contributed by atoms with Crippen LogP contribution in [0.3, 0.4) is 0 Å². The summed E-state index contributed by atoms with van der Waals surface area (Å²) in [5.41, 5.74) is 0. The van der Waals surface area contributed by atoms with E-state index in [0.29, 0.717) is 5.75 Å². The minimum atomic E-state index is -3.27. The molecule has 0 bridgehead atoms. The van der Waals surface area contributed by atoms with E-state index in [1.807, 2.05) is 27.7 Å². The maximum Gasteiger partial charge on any atom is 0.195 e. The molecule has 0 aliphatic rings. The number of sulfone groups is 1. The monoisotopic (exact) mass is 257 g/mol. The Morgan fingerprint density at radius 3 is 2.29 bits per heavy atom. The Hall–Kier alpha value is -1.10. The van der Waals surface area contributed by atoms with Crippen molar-refractivity contribution in [3.05, 3.63) is 18.3 Å². The highest BCUT2D eigenvalue weighted by molar-refractivity contribution is 7.91. The van der Waals surface area contributed by atoms with Crippen molar-refractivity contribution in [2.45, 2.75) is 38.8 Å².